The molecule has 1 fully saturated rings. The molecular formula is C12H19NO2S. The number of hydrogen-bond donors (Lipinski definition) is 1. The zero-order chi connectivity index (χ0) is 11.6. The van der Waals surface area contributed by atoms with Gasteiger partial charge >= 0.3 is 0 Å². The van der Waals surface area contributed by atoms with Gasteiger partial charge in [-0.1, -0.05) is 31.0 Å². The molecule has 1 aliphatic rings. The molecule has 0 saturated heterocycles. The molecule has 0 aromatic carbocycles. The Morgan fingerprint density at radius 2 is 2.00 bits per heavy atom. The van der Waals surface area contributed by atoms with E-state index in [1.807, 2.05) is 13.8 Å². The first-order valence-electron chi connectivity index (χ1n) is 5.88. The molecule has 1 N–H and O–H groups in total. The third kappa shape index (κ3) is 2.80. The predicted octanol–water partition coefficient (Wildman–Crippen LogP) is 3.08. The van der Waals surface area contributed by atoms with Crippen molar-refractivity contribution in [1.82, 2.24) is 4.98 Å². The zero-order valence-corrected chi connectivity index (χ0v) is 10.8. The highest BCUT2D eigenvalue weighted by atomic mass is 32.2. The van der Waals surface area contributed by atoms with Gasteiger partial charge in [0.1, 0.15) is 5.76 Å². The smallest absolute Gasteiger partial charge is 0.256 e. The van der Waals surface area contributed by atoms with Crippen molar-refractivity contribution in [2.45, 2.75) is 56.8 Å². The van der Waals surface area contributed by atoms with Crippen molar-refractivity contribution in [2.24, 2.45) is 0 Å². The van der Waals surface area contributed by atoms with Gasteiger partial charge in [0, 0.05) is 5.75 Å². The lowest BCUT2D eigenvalue weighted by Gasteiger charge is -2.31. The molecule has 1 aromatic rings. The first kappa shape index (κ1) is 12.0. The maximum atomic E-state index is 10.3. The van der Waals surface area contributed by atoms with Gasteiger partial charge in [-0.25, -0.2) is 4.98 Å². The molecule has 4 heteroatoms. The summed E-state index contributed by atoms with van der Waals surface area (Å²) in [7, 11) is 0. The molecule has 0 unspecified atom stereocenters. The van der Waals surface area contributed by atoms with E-state index in [9.17, 15) is 5.11 Å². The molecule has 0 bridgehead atoms. The molecule has 0 amide bonds. The third-order valence-corrected chi connectivity index (χ3v) is 4.36. The summed E-state index contributed by atoms with van der Waals surface area (Å²) in [5.74, 6) is 1.57. The molecule has 0 aliphatic heterocycles. The number of oxazole rings is 1. The van der Waals surface area contributed by atoms with E-state index in [2.05, 4.69) is 4.98 Å². The van der Waals surface area contributed by atoms with Crippen LogP contribution in [0, 0.1) is 13.8 Å². The van der Waals surface area contributed by atoms with Crippen LogP contribution in [-0.4, -0.2) is 21.4 Å². The van der Waals surface area contributed by atoms with Crippen LogP contribution in [0.3, 0.4) is 0 Å². The van der Waals surface area contributed by atoms with E-state index in [1.165, 1.54) is 18.2 Å². The summed E-state index contributed by atoms with van der Waals surface area (Å²) in [4.78, 5) is 4.31. The Morgan fingerprint density at radius 1 is 1.31 bits per heavy atom. The zero-order valence-electron chi connectivity index (χ0n) is 9.95. The van der Waals surface area contributed by atoms with Crippen LogP contribution in [0.5, 0.6) is 0 Å². The minimum absolute atomic E-state index is 0.501. The van der Waals surface area contributed by atoms with E-state index in [0.717, 1.165) is 37.1 Å². The summed E-state index contributed by atoms with van der Waals surface area (Å²) in [5, 5.41) is 11.0. The van der Waals surface area contributed by atoms with Gasteiger partial charge in [0.2, 0.25) is 0 Å². The Labute approximate surface area is 101 Å². The minimum Gasteiger partial charge on any atom is -0.437 e. The van der Waals surface area contributed by atoms with Crippen LogP contribution in [0.15, 0.2) is 9.64 Å². The van der Waals surface area contributed by atoms with Gasteiger partial charge in [-0.2, -0.15) is 0 Å². The summed E-state index contributed by atoms with van der Waals surface area (Å²) < 4.78 is 5.49. The second-order valence-corrected chi connectivity index (χ2v) is 5.62. The van der Waals surface area contributed by atoms with Crippen molar-refractivity contribution in [2.75, 3.05) is 5.75 Å². The van der Waals surface area contributed by atoms with Crippen LogP contribution in [-0.2, 0) is 0 Å². The lowest BCUT2D eigenvalue weighted by Crippen LogP contribution is -2.33. The van der Waals surface area contributed by atoms with Gasteiger partial charge in [0.15, 0.2) is 0 Å². The van der Waals surface area contributed by atoms with E-state index in [1.54, 1.807) is 0 Å². The normalized spacial score (nSPS) is 19.9. The molecular weight excluding hydrogens is 222 g/mol. The van der Waals surface area contributed by atoms with Crippen molar-refractivity contribution in [1.29, 1.82) is 0 Å². The second-order valence-electron chi connectivity index (χ2n) is 4.70. The Hall–Kier alpha value is -0.480. The van der Waals surface area contributed by atoms with Crippen LogP contribution in [0.1, 0.15) is 43.6 Å². The molecule has 0 atom stereocenters. The lowest BCUT2D eigenvalue weighted by atomic mass is 9.86. The van der Waals surface area contributed by atoms with Crippen LogP contribution in [0.25, 0.3) is 0 Å². The average molecular weight is 241 g/mol. The van der Waals surface area contributed by atoms with Crippen molar-refractivity contribution in [3.05, 3.63) is 11.5 Å². The first-order valence-corrected chi connectivity index (χ1v) is 6.87. The number of rotatable bonds is 3. The topological polar surface area (TPSA) is 46.3 Å². The maximum Gasteiger partial charge on any atom is 0.256 e. The van der Waals surface area contributed by atoms with E-state index in [-0.39, 0.29) is 0 Å². The molecule has 90 valence electrons. The molecule has 16 heavy (non-hydrogen) atoms. The van der Waals surface area contributed by atoms with Crippen LogP contribution >= 0.6 is 11.8 Å². The SMILES string of the molecule is Cc1nc(SCC2(O)CCCCC2)oc1C. The van der Waals surface area contributed by atoms with Crippen molar-refractivity contribution in [3.63, 3.8) is 0 Å². The molecule has 2 rings (SSSR count). The number of hydrogen-bond acceptors (Lipinski definition) is 4. The summed E-state index contributed by atoms with van der Waals surface area (Å²) in [5.41, 5.74) is 0.442. The van der Waals surface area contributed by atoms with Gasteiger partial charge in [-0.15, -0.1) is 0 Å². The fraction of sp³-hybridized carbons (Fsp3) is 0.750. The number of nitrogens with zero attached hydrogens (tertiary/aromatic N) is 1. The Kier molecular flexibility index (Phi) is 3.60. The molecule has 1 aliphatic carbocycles. The highest BCUT2D eigenvalue weighted by molar-refractivity contribution is 7.99. The Morgan fingerprint density at radius 3 is 2.56 bits per heavy atom. The molecule has 0 radical (unpaired) electrons. The number of aliphatic hydroxyl groups is 1. The van der Waals surface area contributed by atoms with Crippen LogP contribution in [0.2, 0.25) is 0 Å². The fourth-order valence-electron chi connectivity index (χ4n) is 2.06. The van der Waals surface area contributed by atoms with Crippen molar-refractivity contribution >= 4 is 11.8 Å². The summed E-state index contributed by atoms with van der Waals surface area (Å²) in [6.07, 6.45) is 5.36. The predicted molar refractivity (Wildman–Crippen MR) is 64.7 cm³/mol. The van der Waals surface area contributed by atoms with Gasteiger partial charge in [0.05, 0.1) is 11.3 Å². The van der Waals surface area contributed by atoms with Crippen LogP contribution in [0.4, 0.5) is 0 Å². The summed E-state index contributed by atoms with van der Waals surface area (Å²) in [6.45, 7) is 3.86. The van der Waals surface area contributed by atoms with Gasteiger partial charge in [-0.3, -0.25) is 0 Å². The van der Waals surface area contributed by atoms with Crippen molar-refractivity contribution < 1.29 is 9.52 Å². The maximum absolute atomic E-state index is 10.3. The number of thioether (sulfide) groups is 1. The second kappa shape index (κ2) is 4.80. The first-order chi connectivity index (χ1) is 7.59. The molecule has 1 heterocycles. The highest BCUT2D eigenvalue weighted by Gasteiger charge is 2.29. The van der Waals surface area contributed by atoms with Crippen molar-refractivity contribution in [3.8, 4) is 0 Å². The minimum atomic E-state index is -0.501. The molecule has 3 nitrogen and oxygen atoms in total. The average Bonchev–Trinajstić information content (AvgIpc) is 2.57. The third-order valence-electron chi connectivity index (χ3n) is 3.26. The molecule has 1 saturated carbocycles. The molecule has 0 spiro atoms. The monoisotopic (exact) mass is 241 g/mol. The van der Waals surface area contributed by atoms with E-state index < -0.39 is 5.60 Å². The number of aromatic nitrogens is 1. The summed E-state index contributed by atoms with van der Waals surface area (Å²) >= 11 is 1.53. The quantitative estimate of drug-likeness (QED) is 0.826. The fourth-order valence-corrected chi connectivity index (χ4v) is 3.12. The Bertz CT molecular complexity index is 336. The highest BCUT2D eigenvalue weighted by Crippen LogP contribution is 2.33. The van der Waals surface area contributed by atoms with Gasteiger partial charge in [-0.05, 0) is 26.7 Å². The number of aryl methyl sites for hydroxylation is 2. The Balaban J connectivity index is 1.91. The van der Waals surface area contributed by atoms with E-state index in [4.69, 9.17) is 4.42 Å². The molecule has 1 aromatic heterocycles. The van der Waals surface area contributed by atoms with E-state index in [0.29, 0.717) is 11.0 Å². The standard InChI is InChI=1S/C12H19NO2S/c1-9-10(2)15-11(13-9)16-8-12(14)6-4-3-5-7-12/h14H,3-8H2,1-2H3. The summed E-state index contributed by atoms with van der Waals surface area (Å²) in [6, 6.07) is 0. The van der Waals surface area contributed by atoms with E-state index >= 15 is 0 Å². The largest absolute Gasteiger partial charge is 0.437 e. The van der Waals surface area contributed by atoms with Gasteiger partial charge in [0.25, 0.3) is 5.22 Å². The lowest BCUT2D eigenvalue weighted by molar-refractivity contribution is 0.0271. The van der Waals surface area contributed by atoms with Gasteiger partial charge < -0.3 is 9.52 Å². The van der Waals surface area contributed by atoms with Crippen LogP contribution < -0.4 is 0 Å².